The van der Waals surface area contributed by atoms with Gasteiger partial charge in [-0.1, -0.05) is 24.3 Å². The molecule has 2 N–H and O–H groups in total. The Labute approximate surface area is 158 Å². The Morgan fingerprint density at radius 3 is 2.52 bits per heavy atom. The normalized spacial score (nSPS) is 12.5. The second-order valence-corrected chi connectivity index (χ2v) is 6.45. The second kappa shape index (κ2) is 7.53. The molecule has 0 unspecified atom stereocenters. The van der Waals surface area contributed by atoms with Gasteiger partial charge in [-0.2, -0.15) is 0 Å². The van der Waals surface area contributed by atoms with Crippen molar-refractivity contribution in [3.63, 3.8) is 0 Å². The number of benzene rings is 2. The summed E-state index contributed by atoms with van der Waals surface area (Å²) >= 11 is 0. The minimum Gasteiger partial charge on any atom is -0.486 e. The molecule has 0 aliphatic carbocycles. The lowest BCUT2D eigenvalue weighted by atomic mass is 10.1. The first-order valence-electron chi connectivity index (χ1n) is 8.98. The van der Waals surface area contributed by atoms with Crippen LogP contribution in [0.1, 0.15) is 17.0 Å². The van der Waals surface area contributed by atoms with Crippen LogP contribution in [-0.4, -0.2) is 23.2 Å². The van der Waals surface area contributed by atoms with Crippen LogP contribution in [0.4, 0.5) is 17.3 Å². The maximum absolute atomic E-state index is 5.64. The fourth-order valence-corrected chi connectivity index (χ4v) is 2.99. The zero-order valence-corrected chi connectivity index (χ0v) is 15.5. The van der Waals surface area contributed by atoms with E-state index >= 15 is 0 Å². The molecule has 6 heteroatoms. The van der Waals surface area contributed by atoms with Gasteiger partial charge in [-0.05, 0) is 37.1 Å². The number of nitrogens with zero attached hydrogens (tertiary/aromatic N) is 2. The maximum atomic E-state index is 5.64. The van der Waals surface area contributed by atoms with Gasteiger partial charge in [0.15, 0.2) is 11.5 Å². The third-order valence-corrected chi connectivity index (χ3v) is 4.37. The molecule has 1 aliphatic rings. The first-order valence-corrected chi connectivity index (χ1v) is 8.98. The van der Waals surface area contributed by atoms with Gasteiger partial charge in [-0.25, -0.2) is 9.97 Å². The quantitative estimate of drug-likeness (QED) is 0.708. The van der Waals surface area contributed by atoms with Crippen molar-refractivity contribution in [2.75, 3.05) is 23.8 Å². The smallest absolute Gasteiger partial charge is 0.163 e. The molecule has 0 bridgehead atoms. The van der Waals surface area contributed by atoms with Crippen molar-refractivity contribution in [2.24, 2.45) is 0 Å². The topological polar surface area (TPSA) is 68.3 Å². The van der Waals surface area contributed by atoms with E-state index in [1.165, 1.54) is 11.1 Å². The number of nitrogens with one attached hydrogen (secondary N) is 2. The number of aromatic nitrogens is 2. The minimum atomic E-state index is 0.566. The molecule has 4 rings (SSSR count). The Morgan fingerprint density at radius 1 is 0.889 bits per heavy atom. The van der Waals surface area contributed by atoms with E-state index in [-0.39, 0.29) is 0 Å². The molecule has 138 valence electrons. The molecule has 1 aromatic heterocycles. The number of hydrogen-bond donors (Lipinski definition) is 2. The van der Waals surface area contributed by atoms with E-state index in [9.17, 15) is 0 Å². The Kier molecular flexibility index (Phi) is 4.78. The summed E-state index contributed by atoms with van der Waals surface area (Å²) in [6, 6.07) is 16.0. The number of rotatable bonds is 5. The summed E-state index contributed by atoms with van der Waals surface area (Å²) in [6.07, 6.45) is 0. The summed E-state index contributed by atoms with van der Waals surface area (Å²) < 4.78 is 11.2. The number of aryl methyl sites for hydroxylation is 2. The predicted molar refractivity (Wildman–Crippen MR) is 106 cm³/mol. The SMILES string of the molecule is Cc1nc(NCc2ccccc2C)cc(Nc2ccc3c(c2)OCCO3)n1. The van der Waals surface area contributed by atoms with Gasteiger partial charge in [-0.15, -0.1) is 0 Å². The summed E-state index contributed by atoms with van der Waals surface area (Å²) in [5.74, 6) is 3.73. The molecule has 0 saturated carbocycles. The lowest BCUT2D eigenvalue weighted by molar-refractivity contribution is 0.171. The van der Waals surface area contributed by atoms with Crippen molar-refractivity contribution in [1.82, 2.24) is 9.97 Å². The van der Waals surface area contributed by atoms with Crippen LogP contribution in [0.25, 0.3) is 0 Å². The van der Waals surface area contributed by atoms with Gasteiger partial charge in [0.25, 0.3) is 0 Å². The van der Waals surface area contributed by atoms with Crippen LogP contribution < -0.4 is 20.1 Å². The number of ether oxygens (including phenoxy) is 2. The molecule has 6 nitrogen and oxygen atoms in total. The van der Waals surface area contributed by atoms with Crippen LogP contribution in [0.2, 0.25) is 0 Å². The average molecular weight is 362 g/mol. The maximum Gasteiger partial charge on any atom is 0.163 e. The third-order valence-electron chi connectivity index (χ3n) is 4.37. The summed E-state index contributed by atoms with van der Waals surface area (Å²) in [7, 11) is 0. The van der Waals surface area contributed by atoms with E-state index < -0.39 is 0 Å². The standard InChI is InChI=1S/C21H22N4O2/c1-14-5-3-4-6-16(14)13-22-20-12-21(24-15(2)23-20)25-17-7-8-18-19(11-17)27-10-9-26-18/h3-8,11-12H,9-10,13H2,1-2H3,(H2,22,23,24,25). The highest BCUT2D eigenvalue weighted by molar-refractivity contribution is 5.63. The van der Waals surface area contributed by atoms with Crippen LogP contribution in [-0.2, 0) is 6.54 Å². The molecule has 0 fully saturated rings. The molecule has 2 aromatic carbocycles. The van der Waals surface area contributed by atoms with Crippen LogP contribution in [0.3, 0.4) is 0 Å². The molecular weight excluding hydrogens is 340 g/mol. The fraction of sp³-hybridized carbons (Fsp3) is 0.238. The molecular formula is C21H22N4O2. The Hall–Kier alpha value is -3.28. The number of fused-ring (bicyclic) bond motifs is 1. The summed E-state index contributed by atoms with van der Waals surface area (Å²) in [5, 5.41) is 6.70. The summed E-state index contributed by atoms with van der Waals surface area (Å²) in [6.45, 7) is 5.86. The molecule has 27 heavy (non-hydrogen) atoms. The van der Waals surface area contributed by atoms with Crippen molar-refractivity contribution < 1.29 is 9.47 Å². The summed E-state index contributed by atoms with van der Waals surface area (Å²) in [4.78, 5) is 8.96. The molecule has 2 heterocycles. The second-order valence-electron chi connectivity index (χ2n) is 6.45. The lowest BCUT2D eigenvalue weighted by Gasteiger charge is -2.19. The van der Waals surface area contributed by atoms with Crippen molar-refractivity contribution in [1.29, 1.82) is 0 Å². The Balaban J connectivity index is 1.50. The van der Waals surface area contributed by atoms with E-state index in [4.69, 9.17) is 9.47 Å². The van der Waals surface area contributed by atoms with Crippen molar-refractivity contribution in [2.45, 2.75) is 20.4 Å². The van der Waals surface area contributed by atoms with E-state index in [0.29, 0.717) is 25.6 Å². The van der Waals surface area contributed by atoms with E-state index in [2.05, 4.69) is 39.7 Å². The van der Waals surface area contributed by atoms with Crippen LogP contribution in [0.15, 0.2) is 48.5 Å². The van der Waals surface area contributed by atoms with E-state index in [0.717, 1.165) is 28.8 Å². The fourth-order valence-electron chi connectivity index (χ4n) is 2.99. The number of hydrogen-bond acceptors (Lipinski definition) is 6. The highest BCUT2D eigenvalue weighted by atomic mass is 16.6. The highest BCUT2D eigenvalue weighted by Gasteiger charge is 2.12. The van der Waals surface area contributed by atoms with Gasteiger partial charge in [0, 0.05) is 24.4 Å². The van der Waals surface area contributed by atoms with Gasteiger partial charge in [0.05, 0.1) is 0 Å². The van der Waals surface area contributed by atoms with Gasteiger partial charge in [0.2, 0.25) is 0 Å². The van der Waals surface area contributed by atoms with Gasteiger partial charge in [0.1, 0.15) is 30.7 Å². The Bertz CT molecular complexity index is 959. The predicted octanol–water partition coefficient (Wildman–Crippen LogP) is 4.22. The van der Waals surface area contributed by atoms with Crippen molar-refractivity contribution in [3.05, 3.63) is 65.5 Å². The van der Waals surface area contributed by atoms with Crippen molar-refractivity contribution in [3.8, 4) is 11.5 Å². The van der Waals surface area contributed by atoms with Gasteiger partial charge < -0.3 is 20.1 Å². The highest BCUT2D eigenvalue weighted by Crippen LogP contribution is 2.33. The first kappa shape index (κ1) is 17.1. The number of anilines is 3. The first-order chi connectivity index (χ1) is 13.2. The molecule has 0 spiro atoms. The van der Waals surface area contributed by atoms with Crippen molar-refractivity contribution >= 4 is 17.3 Å². The van der Waals surface area contributed by atoms with Crippen LogP contribution >= 0.6 is 0 Å². The van der Waals surface area contributed by atoms with Gasteiger partial charge >= 0.3 is 0 Å². The zero-order chi connectivity index (χ0) is 18.6. The zero-order valence-electron chi connectivity index (χ0n) is 15.5. The van der Waals surface area contributed by atoms with Gasteiger partial charge in [-0.3, -0.25) is 0 Å². The summed E-state index contributed by atoms with van der Waals surface area (Å²) in [5.41, 5.74) is 3.39. The van der Waals surface area contributed by atoms with E-state index in [1.54, 1.807) is 0 Å². The van der Waals surface area contributed by atoms with Crippen LogP contribution in [0.5, 0.6) is 11.5 Å². The molecule has 3 aromatic rings. The molecule has 0 saturated heterocycles. The minimum absolute atomic E-state index is 0.566. The largest absolute Gasteiger partial charge is 0.486 e. The lowest BCUT2D eigenvalue weighted by Crippen LogP contribution is -2.15. The molecule has 0 amide bonds. The van der Waals surface area contributed by atoms with E-state index in [1.807, 2.05) is 43.3 Å². The Morgan fingerprint density at radius 2 is 1.67 bits per heavy atom. The average Bonchev–Trinajstić information content (AvgIpc) is 2.67. The molecule has 1 aliphatic heterocycles. The molecule has 0 radical (unpaired) electrons. The monoisotopic (exact) mass is 362 g/mol. The third kappa shape index (κ3) is 4.11. The molecule has 0 atom stereocenters. The van der Waals surface area contributed by atoms with Crippen LogP contribution in [0, 0.1) is 13.8 Å².